The van der Waals surface area contributed by atoms with Crippen molar-refractivity contribution < 1.29 is 0 Å². The third-order valence-electron chi connectivity index (χ3n) is 3.15. The van der Waals surface area contributed by atoms with Crippen LogP contribution in [0.4, 0.5) is 5.69 Å². The Bertz CT molecular complexity index is 523. The van der Waals surface area contributed by atoms with E-state index in [2.05, 4.69) is 63.5 Å². The smallest absolute Gasteiger partial charge is 0.0522 e. The molecule has 0 amide bonds. The third-order valence-corrected chi connectivity index (χ3v) is 4.70. The van der Waals surface area contributed by atoms with E-state index in [9.17, 15) is 0 Å². The first-order valence-electron chi connectivity index (χ1n) is 6.44. The molecule has 0 aliphatic carbocycles. The van der Waals surface area contributed by atoms with Gasteiger partial charge >= 0.3 is 0 Å². The number of hydrogen-bond donors (Lipinski definition) is 1. The normalized spacial score (nSPS) is 12.4. The van der Waals surface area contributed by atoms with Crippen LogP contribution in [0.15, 0.2) is 40.2 Å². The van der Waals surface area contributed by atoms with Crippen LogP contribution in [0.1, 0.15) is 30.3 Å². The van der Waals surface area contributed by atoms with Gasteiger partial charge in [0.25, 0.3) is 0 Å². The van der Waals surface area contributed by atoms with Crippen molar-refractivity contribution >= 4 is 33.0 Å². The van der Waals surface area contributed by atoms with Gasteiger partial charge in [-0.25, -0.2) is 0 Å². The molecule has 2 nitrogen and oxygen atoms in total. The lowest BCUT2D eigenvalue weighted by molar-refractivity contribution is 0.807. The van der Waals surface area contributed by atoms with E-state index < -0.39 is 0 Å². The highest BCUT2D eigenvalue weighted by molar-refractivity contribution is 9.10. The van der Waals surface area contributed by atoms with E-state index in [1.54, 1.807) is 11.3 Å². The molecule has 2 aromatic rings. The molecule has 4 heteroatoms. The summed E-state index contributed by atoms with van der Waals surface area (Å²) in [5.74, 6) is 0. The Labute approximate surface area is 127 Å². The van der Waals surface area contributed by atoms with Crippen LogP contribution in [0, 0.1) is 0 Å². The lowest BCUT2D eigenvalue weighted by atomic mass is 10.1. The Hall–Kier alpha value is -0.840. The van der Waals surface area contributed by atoms with Gasteiger partial charge in [0, 0.05) is 27.6 Å². The molecule has 0 saturated heterocycles. The largest absolute Gasteiger partial charge is 0.367 e. The molecule has 1 aromatic carbocycles. The third kappa shape index (κ3) is 3.59. The van der Waals surface area contributed by atoms with Crippen molar-refractivity contribution in [2.24, 2.45) is 5.73 Å². The molecule has 1 atom stereocenters. The first kappa shape index (κ1) is 14.6. The van der Waals surface area contributed by atoms with Crippen LogP contribution < -0.4 is 10.6 Å². The number of nitrogens with zero attached hydrogens (tertiary/aromatic N) is 1. The van der Waals surface area contributed by atoms with Gasteiger partial charge in [0.15, 0.2) is 0 Å². The molecule has 0 saturated carbocycles. The lowest BCUT2D eigenvalue weighted by Gasteiger charge is -2.23. The summed E-state index contributed by atoms with van der Waals surface area (Å²) in [4.78, 5) is 3.75. The van der Waals surface area contributed by atoms with Gasteiger partial charge in [0.2, 0.25) is 0 Å². The van der Waals surface area contributed by atoms with Crippen molar-refractivity contribution in [3.8, 4) is 0 Å². The molecule has 0 spiro atoms. The summed E-state index contributed by atoms with van der Waals surface area (Å²) >= 11 is 5.42. The van der Waals surface area contributed by atoms with E-state index in [-0.39, 0.29) is 6.04 Å². The molecule has 2 N–H and O–H groups in total. The maximum Gasteiger partial charge on any atom is 0.0522 e. The van der Waals surface area contributed by atoms with Gasteiger partial charge in [-0.2, -0.15) is 0 Å². The van der Waals surface area contributed by atoms with Gasteiger partial charge < -0.3 is 10.6 Å². The number of nitrogens with two attached hydrogens (primary N) is 1. The number of benzene rings is 1. The molecule has 0 aliphatic rings. The number of hydrogen-bond acceptors (Lipinski definition) is 3. The van der Waals surface area contributed by atoms with Gasteiger partial charge in [0.1, 0.15) is 0 Å². The molecule has 0 aliphatic heterocycles. The molecule has 1 unspecified atom stereocenters. The van der Waals surface area contributed by atoms with Gasteiger partial charge in [-0.15, -0.1) is 11.3 Å². The maximum absolute atomic E-state index is 5.94. The van der Waals surface area contributed by atoms with Crippen molar-refractivity contribution in [3.05, 3.63) is 50.6 Å². The Morgan fingerprint density at radius 2 is 2.16 bits per heavy atom. The van der Waals surface area contributed by atoms with Gasteiger partial charge in [0.05, 0.1) is 6.54 Å². The molecule has 0 fully saturated rings. The summed E-state index contributed by atoms with van der Waals surface area (Å²) in [5, 5.41) is 2.12. The zero-order chi connectivity index (χ0) is 13.8. The Balaban J connectivity index is 2.21. The molecule has 0 bridgehead atoms. The molecule has 1 aromatic heterocycles. The highest BCUT2D eigenvalue weighted by Crippen LogP contribution is 2.28. The fourth-order valence-electron chi connectivity index (χ4n) is 2.06. The zero-order valence-electron chi connectivity index (χ0n) is 11.3. The summed E-state index contributed by atoms with van der Waals surface area (Å²) in [6, 6.07) is 10.8. The average molecular weight is 339 g/mol. The average Bonchev–Trinajstić information content (AvgIpc) is 2.88. The fraction of sp³-hybridized carbons (Fsp3) is 0.333. The van der Waals surface area contributed by atoms with Crippen molar-refractivity contribution in [2.75, 3.05) is 11.4 Å². The van der Waals surface area contributed by atoms with E-state index >= 15 is 0 Å². The van der Waals surface area contributed by atoms with Crippen molar-refractivity contribution in [1.29, 1.82) is 0 Å². The zero-order valence-corrected chi connectivity index (χ0v) is 13.7. The highest BCUT2D eigenvalue weighted by Gasteiger charge is 2.10. The van der Waals surface area contributed by atoms with E-state index in [1.165, 1.54) is 10.6 Å². The summed E-state index contributed by atoms with van der Waals surface area (Å²) in [7, 11) is 0. The summed E-state index contributed by atoms with van der Waals surface area (Å²) in [6.07, 6.45) is 0. The first-order chi connectivity index (χ1) is 9.11. The molecule has 19 heavy (non-hydrogen) atoms. The SMILES string of the molecule is CCN(Cc1cccs1)c1ccc(C(C)N)c(Br)c1. The number of thiophene rings is 1. The second-order valence-corrected chi connectivity index (χ2v) is 6.47. The van der Waals surface area contributed by atoms with Gasteiger partial charge in [-0.05, 0) is 43.0 Å². The predicted octanol–water partition coefficient (Wildman–Crippen LogP) is 4.56. The van der Waals surface area contributed by atoms with Crippen LogP contribution in [-0.4, -0.2) is 6.54 Å². The highest BCUT2D eigenvalue weighted by atomic mass is 79.9. The van der Waals surface area contributed by atoms with E-state index in [0.29, 0.717) is 0 Å². The van der Waals surface area contributed by atoms with Crippen LogP contribution in [0.25, 0.3) is 0 Å². The number of halogens is 1. The van der Waals surface area contributed by atoms with Crippen molar-refractivity contribution in [1.82, 2.24) is 0 Å². The van der Waals surface area contributed by atoms with Crippen LogP contribution in [0.2, 0.25) is 0 Å². The molecule has 1 heterocycles. The lowest BCUT2D eigenvalue weighted by Crippen LogP contribution is -2.21. The van der Waals surface area contributed by atoms with E-state index in [1.807, 2.05) is 6.92 Å². The van der Waals surface area contributed by atoms with E-state index in [0.717, 1.165) is 23.1 Å². The monoisotopic (exact) mass is 338 g/mol. The fourth-order valence-corrected chi connectivity index (χ4v) is 3.51. The van der Waals surface area contributed by atoms with Crippen LogP contribution >= 0.6 is 27.3 Å². The first-order valence-corrected chi connectivity index (χ1v) is 8.11. The molecule has 2 rings (SSSR count). The molecule has 102 valence electrons. The Kier molecular flexibility index (Phi) is 5.02. The maximum atomic E-state index is 5.94. The standard InChI is InChI=1S/C15H19BrN2S/c1-3-18(10-13-5-4-8-19-13)12-6-7-14(11(2)17)15(16)9-12/h4-9,11H,3,10,17H2,1-2H3. The second kappa shape index (κ2) is 6.55. The van der Waals surface area contributed by atoms with Crippen LogP contribution in [-0.2, 0) is 6.54 Å². The van der Waals surface area contributed by atoms with Gasteiger partial charge in [-0.1, -0.05) is 28.1 Å². The van der Waals surface area contributed by atoms with Crippen molar-refractivity contribution in [2.45, 2.75) is 26.4 Å². The van der Waals surface area contributed by atoms with Crippen LogP contribution in [0.5, 0.6) is 0 Å². The Morgan fingerprint density at radius 1 is 1.37 bits per heavy atom. The summed E-state index contributed by atoms with van der Waals surface area (Å²) in [5.41, 5.74) is 8.32. The summed E-state index contributed by atoms with van der Waals surface area (Å²) < 4.78 is 1.09. The molecule has 0 radical (unpaired) electrons. The number of anilines is 1. The topological polar surface area (TPSA) is 29.3 Å². The molecular formula is C15H19BrN2S. The van der Waals surface area contributed by atoms with E-state index in [4.69, 9.17) is 5.73 Å². The second-order valence-electron chi connectivity index (χ2n) is 4.59. The number of rotatable bonds is 5. The Morgan fingerprint density at radius 3 is 2.68 bits per heavy atom. The minimum absolute atomic E-state index is 0.0517. The molecular weight excluding hydrogens is 320 g/mol. The minimum atomic E-state index is 0.0517. The predicted molar refractivity (Wildman–Crippen MR) is 87.8 cm³/mol. The van der Waals surface area contributed by atoms with Crippen molar-refractivity contribution in [3.63, 3.8) is 0 Å². The summed E-state index contributed by atoms with van der Waals surface area (Å²) in [6.45, 7) is 6.13. The minimum Gasteiger partial charge on any atom is -0.367 e. The van der Waals surface area contributed by atoms with Gasteiger partial charge in [-0.3, -0.25) is 0 Å². The quantitative estimate of drug-likeness (QED) is 0.865. The van der Waals surface area contributed by atoms with Crippen LogP contribution in [0.3, 0.4) is 0 Å².